The molecular weight excluding hydrogens is 588 g/mol. The first-order valence-electron chi connectivity index (χ1n) is 15.5. The van der Waals surface area contributed by atoms with Gasteiger partial charge in [-0.3, -0.25) is 24.2 Å². The third-order valence-corrected chi connectivity index (χ3v) is 7.96. The average Bonchev–Trinajstić information content (AvgIpc) is 3.03. The number of carboxylic acid groups (broad SMARTS) is 1. The summed E-state index contributed by atoms with van der Waals surface area (Å²) in [6, 6.07) is 16.4. The molecule has 0 spiro atoms. The third-order valence-electron chi connectivity index (χ3n) is 7.96. The van der Waals surface area contributed by atoms with Gasteiger partial charge in [-0.1, -0.05) is 48.5 Å². The Morgan fingerprint density at radius 3 is 2.33 bits per heavy atom. The number of benzene rings is 2. The Labute approximate surface area is 269 Å². The number of fused-ring (bicyclic) bond motifs is 1. The number of carboxylic acids is 1. The summed E-state index contributed by atoms with van der Waals surface area (Å²) in [6.45, 7) is 2.52. The van der Waals surface area contributed by atoms with E-state index < -0.39 is 42.3 Å². The molecular formula is C33H47N8O5+. The fourth-order valence-corrected chi connectivity index (χ4v) is 5.20. The van der Waals surface area contributed by atoms with Gasteiger partial charge in [-0.15, -0.1) is 0 Å². The van der Waals surface area contributed by atoms with E-state index in [9.17, 15) is 19.2 Å². The van der Waals surface area contributed by atoms with Crippen LogP contribution in [0.3, 0.4) is 0 Å². The highest BCUT2D eigenvalue weighted by atomic mass is 16.4. The average molecular weight is 636 g/mol. The normalized spacial score (nSPS) is 14.4. The molecule has 46 heavy (non-hydrogen) atoms. The maximum absolute atomic E-state index is 13.4. The molecule has 3 aromatic rings. The molecule has 2 unspecified atom stereocenters. The van der Waals surface area contributed by atoms with Crippen LogP contribution >= 0.6 is 0 Å². The number of aliphatic carboxylic acids is 1. The number of nitrogens with zero attached hydrogens (tertiary/aromatic N) is 2. The number of rotatable bonds is 19. The minimum absolute atomic E-state index is 0.292. The predicted molar refractivity (Wildman–Crippen MR) is 177 cm³/mol. The number of hydrogen-bond donors (Lipinski definition) is 7. The molecule has 13 heteroatoms. The zero-order valence-corrected chi connectivity index (χ0v) is 26.4. The number of nitrogens with two attached hydrogens (primary N) is 3. The summed E-state index contributed by atoms with van der Waals surface area (Å²) in [4.78, 5) is 53.9. The SMILES string of the molecule is C[N+](CCN)(CCCC(N)C(=O)N[C@@H](CCc1ccccc1)C(=O)Nc1cnc2ccccc2c1)CCNC(=O)[C@@H](N)CC(=O)O. The van der Waals surface area contributed by atoms with Gasteiger partial charge in [-0.05, 0) is 43.4 Å². The molecule has 2 aromatic carbocycles. The van der Waals surface area contributed by atoms with Gasteiger partial charge in [0.05, 0.1) is 69.1 Å². The van der Waals surface area contributed by atoms with Gasteiger partial charge in [-0.25, -0.2) is 0 Å². The first-order valence-corrected chi connectivity index (χ1v) is 15.5. The van der Waals surface area contributed by atoms with Gasteiger partial charge in [-0.2, -0.15) is 0 Å². The van der Waals surface area contributed by atoms with Crippen LogP contribution in [0, 0.1) is 0 Å². The highest BCUT2D eigenvalue weighted by Crippen LogP contribution is 2.17. The molecule has 1 heterocycles. The Kier molecular flexibility index (Phi) is 14.0. The fourth-order valence-electron chi connectivity index (χ4n) is 5.20. The van der Waals surface area contributed by atoms with Crippen LogP contribution in [-0.2, 0) is 25.6 Å². The summed E-state index contributed by atoms with van der Waals surface area (Å²) in [7, 11) is 1.99. The van der Waals surface area contributed by atoms with Crippen molar-refractivity contribution in [2.75, 3.05) is 45.1 Å². The molecule has 3 amide bonds. The Bertz CT molecular complexity index is 1460. The standard InChI is InChI=1S/C33H46N8O5/c1-41(18-15-34,19-16-37-31(44)27(36)21-30(42)43)17-7-11-26(35)32(45)40-29(14-13-23-8-3-2-4-9-23)33(46)39-25-20-24-10-5-6-12-28(24)38-22-25/h2-6,8-10,12,20,22,26-27,29H,7,11,13-19,21,34-36H2,1H3,(H3-,37,39,40,42,43,44,45,46)/p+1/t26?,27-,29-,41?/m0/s1. The van der Waals surface area contributed by atoms with E-state index in [1.807, 2.05) is 67.7 Å². The van der Waals surface area contributed by atoms with E-state index in [-0.39, 0.29) is 5.91 Å². The number of hydrogen-bond acceptors (Lipinski definition) is 8. The summed E-state index contributed by atoms with van der Waals surface area (Å²) in [5.41, 5.74) is 20.2. The lowest BCUT2D eigenvalue weighted by molar-refractivity contribution is -0.907. The van der Waals surface area contributed by atoms with Gasteiger partial charge in [0.25, 0.3) is 0 Å². The molecule has 13 nitrogen and oxygen atoms in total. The van der Waals surface area contributed by atoms with Crippen LogP contribution in [-0.4, -0.2) is 96.2 Å². The molecule has 0 aliphatic heterocycles. The number of anilines is 1. The molecule has 0 aliphatic rings. The highest BCUT2D eigenvalue weighted by Gasteiger charge is 2.26. The van der Waals surface area contributed by atoms with Gasteiger partial charge >= 0.3 is 5.97 Å². The van der Waals surface area contributed by atoms with Gasteiger partial charge < -0.3 is 42.7 Å². The van der Waals surface area contributed by atoms with E-state index in [0.29, 0.717) is 68.6 Å². The number of pyridine rings is 1. The fraction of sp³-hybridized carbons (Fsp3) is 0.424. The first-order chi connectivity index (χ1) is 22.0. The molecule has 0 fully saturated rings. The topological polar surface area (TPSA) is 216 Å². The second-order valence-corrected chi connectivity index (χ2v) is 11.8. The number of aryl methyl sites for hydroxylation is 1. The smallest absolute Gasteiger partial charge is 0.305 e. The van der Waals surface area contributed by atoms with Crippen LogP contribution in [0.1, 0.15) is 31.2 Å². The van der Waals surface area contributed by atoms with Crippen molar-refractivity contribution in [3.05, 3.63) is 72.4 Å². The van der Waals surface area contributed by atoms with Crippen LogP contribution in [0.15, 0.2) is 66.9 Å². The first kappa shape index (κ1) is 36.0. The largest absolute Gasteiger partial charge is 0.481 e. The lowest BCUT2D eigenvalue weighted by atomic mass is 10.0. The Morgan fingerprint density at radius 1 is 0.891 bits per heavy atom. The molecule has 0 aliphatic carbocycles. The van der Waals surface area contributed by atoms with Crippen molar-refractivity contribution < 1.29 is 28.8 Å². The van der Waals surface area contributed by atoms with E-state index in [4.69, 9.17) is 22.3 Å². The van der Waals surface area contributed by atoms with Crippen LogP contribution in [0.5, 0.6) is 0 Å². The summed E-state index contributed by atoms with van der Waals surface area (Å²) in [5, 5.41) is 18.2. The van der Waals surface area contributed by atoms with Gasteiger partial charge in [0.2, 0.25) is 17.7 Å². The molecule has 0 saturated carbocycles. The molecule has 4 atom stereocenters. The molecule has 10 N–H and O–H groups in total. The number of carbonyl (C=O) groups excluding carboxylic acids is 3. The molecule has 0 radical (unpaired) electrons. The van der Waals surface area contributed by atoms with Crippen molar-refractivity contribution in [1.82, 2.24) is 15.6 Å². The van der Waals surface area contributed by atoms with Crippen molar-refractivity contribution in [3.8, 4) is 0 Å². The number of amides is 3. The maximum Gasteiger partial charge on any atom is 0.305 e. The van der Waals surface area contributed by atoms with E-state index >= 15 is 0 Å². The molecule has 1 aromatic heterocycles. The monoisotopic (exact) mass is 635 g/mol. The van der Waals surface area contributed by atoms with Crippen molar-refractivity contribution >= 4 is 40.3 Å². The van der Waals surface area contributed by atoms with Gasteiger partial charge in [0, 0.05) is 11.9 Å². The van der Waals surface area contributed by atoms with E-state index in [2.05, 4.69) is 20.9 Å². The minimum atomic E-state index is -1.14. The molecule has 0 saturated heterocycles. The quantitative estimate of drug-likeness (QED) is 0.0923. The third kappa shape index (κ3) is 11.8. The van der Waals surface area contributed by atoms with Crippen LogP contribution in [0.2, 0.25) is 0 Å². The van der Waals surface area contributed by atoms with Crippen molar-refractivity contribution in [2.45, 2.75) is 50.2 Å². The number of para-hydroxylation sites is 1. The predicted octanol–water partition coefficient (Wildman–Crippen LogP) is 0.722. The van der Waals surface area contributed by atoms with Gasteiger partial charge in [0.15, 0.2) is 0 Å². The Hall–Kier alpha value is -4.43. The summed E-state index contributed by atoms with van der Waals surface area (Å²) in [6.07, 6.45) is 3.08. The zero-order valence-electron chi connectivity index (χ0n) is 26.4. The van der Waals surface area contributed by atoms with E-state index in [1.54, 1.807) is 6.20 Å². The molecule has 3 rings (SSSR count). The number of carbonyl (C=O) groups is 4. The summed E-state index contributed by atoms with van der Waals surface area (Å²) < 4.78 is 0.515. The van der Waals surface area contributed by atoms with E-state index in [0.717, 1.165) is 16.5 Å². The lowest BCUT2D eigenvalue weighted by Gasteiger charge is -2.35. The number of quaternary nitrogens is 1. The maximum atomic E-state index is 13.4. The second-order valence-electron chi connectivity index (χ2n) is 11.8. The van der Waals surface area contributed by atoms with Crippen molar-refractivity contribution in [3.63, 3.8) is 0 Å². The van der Waals surface area contributed by atoms with Crippen molar-refractivity contribution in [1.29, 1.82) is 0 Å². The molecule has 0 bridgehead atoms. The second kappa shape index (κ2) is 17.9. The Balaban J connectivity index is 1.57. The summed E-state index contributed by atoms with van der Waals surface area (Å²) >= 11 is 0. The van der Waals surface area contributed by atoms with Crippen LogP contribution < -0.4 is 33.2 Å². The van der Waals surface area contributed by atoms with Crippen LogP contribution in [0.4, 0.5) is 5.69 Å². The van der Waals surface area contributed by atoms with Crippen LogP contribution in [0.25, 0.3) is 10.9 Å². The number of aromatic nitrogens is 1. The van der Waals surface area contributed by atoms with Crippen molar-refractivity contribution in [2.24, 2.45) is 17.2 Å². The summed E-state index contributed by atoms with van der Waals surface area (Å²) in [5.74, 6) is -2.44. The van der Waals surface area contributed by atoms with Gasteiger partial charge in [0.1, 0.15) is 6.04 Å². The lowest BCUT2D eigenvalue weighted by Crippen LogP contribution is -2.53. The molecule has 248 valence electrons. The zero-order chi connectivity index (χ0) is 33.5. The Morgan fingerprint density at radius 2 is 1.61 bits per heavy atom. The number of likely N-dealkylation sites (N-methyl/N-ethyl adjacent to an activating group) is 1. The highest BCUT2D eigenvalue weighted by molar-refractivity contribution is 5.99. The van der Waals surface area contributed by atoms with E-state index in [1.165, 1.54) is 0 Å². The number of nitrogens with one attached hydrogen (secondary N) is 3. The minimum Gasteiger partial charge on any atom is -0.481 e.